The van der Waals surface area contributed by atoms with Crippen molar-refractivity contribution in [3.8, 4) is 0 Å². The molecule has 208 valence electrons. The first kappa shape index (κ1) is 26.0. The van der Waals surface area contributed by atoms with E-state index in [0.29, 0.717) is 12.1 Å². The van der Waals surface area contributed by atoms with Gasteiger partial charge in [0, 0.05) is 62.1 Å². The molecule has 2 unspecified atom stereocenters. The highest BCUT2D eigenvalue weighted by Crippen LogP contribution is 2.34. The van der Waals surface area contributed by atoms with Crippen molar-refractivity contribution in [3.63, 3.8) is 0 Å². The number of fused-ring (bicyclic) bond motifs is 1. The summed E-state index contributed by atoms with van der Waals surface area (Å²) >= 11 is 0. The van der Waals surface area contributed by atoms with E-state index in [-0.39, 0.29) is 24.2 Å². The molecule has 0 spiro atoms. The van der Waals surface area contributed by atoms with Gasteiger partial charge < -0.3 is 15.5 Å². The van der Waals surface area contributed by atoms with Gasteiger partial charge in [0.25, 0.3) is 5.91 Å². The second-order valence-electron chi connectivity index (χ2n) is 12.3. The summed E-state index contributed by atoms with van der Waals surface area (Å²) in [6, 6.07) is 3.20. The fourth-order valence-electron chi connectivity index (χ4n) is 7.41. The molecule has 3 saturated heterocycles. The summed E-state index contributed by atoms with van der Waals surface area (Å²) in [4.78, 5) is 26.2. The number of aromatic nitrogens is 3. The van der Waals surface area contributed by atoms with Crippen LogP contribution in [0.3, 0.4) is 0 Å². The third kappa shape index (κ3) is 5.05. The van der Waals surface area contributed by atoms with Crippen molar-refractivity contribution in [1.82, 2.24) is 29.7 Å². The second-order valence-corrected chi connectivity index (χ2v) is 12.3. The summed E-state index contributed by atoms with van der Waals surface area (Å²) in [5.41, 5.74) is 9.09. The van der Waals surface area contributed by atoms with Gasteiger partial charge in [0.1, 0.15) is 12.0 Å². The van der Waals surface area contributed by atoms with E-state index in [1.165, 1.54) is 44.9 Å². The van der Waals surface area contributed by atoms with Crippen molar-refractivity contribution in [2.75, 3.05) is 31.1 Å². The first-order chi connectivity index (χ1) is 18.5. The zero-order valence-electron chi connectivity index (χ0n) is 23.3. The van der Waals surface area contributed by atoms with Gasteiger partial charge in [-0.1, -0.05) is 32.1 Å². The van der Waals surface area contributed by atoms with Crippen molar-refractivity contribution >= 4 is 17.4 Å². The van der Waals surface area contributed by atoms with E-state index in [1.807, 2.05) is 4.52 Å². The van der Waals surface area contributed by atoms with Crippen LogP contribution in [0.4, 0.5) is 5.82 Å². The van der Waals surface area contributed by atoms with Crippen LogP contribution in [-0.2, 0) is 4.79 Å². The quantitative estimate of drug-likeness (QED) is 0.636. The summed E-state index contributed by atoms with van der Waals surface area (Å²) in [7, 11) is 0. The minimum Gasteiger partial charge on any atom is -0.355 e. The van der Waals surface area contributed by atoms with Crippen LogP contribution in [0.5, 0.6) is 0 Å². The number of rotatable bonds is 4. The molecular formula is C29H46N8O. The monoisotopic (exact) mass is 522 g/mol. The van der Waals surface area contributed by atoms with Crippen LogP contribution in [0, 0.1) is 6.92 Å². The van der Waals surface area contributed by atoms with E-state index in [1.54, 1.807) is 0 Å². The number of amides is 1. The van der Waals surface area contributed by atoms with Crippen LogP contribution >= 0.6 is 0 Å². The molecule has 1 saturated carbocycles. The largest absolute Gasteiger partial charge is 0.355 e. The maximum absolute atomic E-state index is 14.2. The van der Waals surface area contributed by atoms with E-state index >= 15 is 0 Å². The fraction of sp³-hybridized carbons (Fsp3) is 0.759. The highest BCUT2D eigenvalue weighted by Gasteiger charge is 2.43. The number of hydrogen-bond acceptors (Lipinski definition) is 7. The smallest absolute Gasteiger partial charge is 0.255 e. The Hall–Kier alpha value is -2.23. The minimum absolute atomic E-state index is 0.00111. The number of nitrogens with one attached hydrogen (secondary N) is 1. The molecule has 0 bridgehead atoms. The number of likely N-dealkylation sites (tertiary alicyclic amines) is 1. The second kappa shape index (κ2) is 11.1. The van der Waals surface area contributed by atoms with E-state index in [9.17, 15) is 4.79 Å². The Morgan fingerprint density at radius 3 is 2.55 bits per heavy atom. The molecule has 5 heterocycles. The van der Waals surface area contributed by atoms with Crippen LogP contribution in [-0.4, -0.2) is 80.8 Å². The van der Waals surface area contributed by atoms with Crippen LogP contribution in [0.15, 0.2) is 12.3 Å². The summed E-state index contributed by atoms with van der Waals surface area (Å²) in [5.74, 6) is 1.24. The number of carbonyl (C=O) groups excluding carboxylic acids is 1. The molecule has 9 nitrogen and oxygen atoms in total. The number of anilines is 1. The lowest BCUT2D eigenvalue weighted by Crippen LogP contribution is -2.56. The Bertz CT molecular complexity index is 1130. The molecule has 2 aromatic heterocycles. The number of piperidine rings is 1. The molecule has 6 rings (SSSR count). The number of hydrogen-bond donors (Lipinski definition) is 2. The summed E-state index contributed by atoms with van der Waals surface area (Å²) in [6.07, 6.45) is 15.0. The third-order valence-corrected chi connectivity index (χ3v) is 9.42. The maximum atomic E-state index is 14.2. The molecule has 4 aliphatic rings. The average molecular weight is 523 g/mol. The zero-order valence-corrected chi connectivity index (χ0v) is 23.3. The predicted octanol–water partition coefficient (Wildman–Crippen LogP) is 3.36. The lowest BCUT2D eigenvalue weighted by molar-refractivity contribution is -0.142. The summed E-state index contributed by atoms with van der Waals surface area (Å²) in [5, 5.41) is 8.59. The van der Waals surface area contributed by atoms with Gasteiger partial charge in [-0.05, 0) is 52.4 Å². The first-order valence-electron chi connectivity index (χ1n) is 15.2. The number of aryl methyl sites for hydroxylation is 1. The number of carbonyl (C=O) groups is 1. The van der Waals surface area contributed by atoms with Crippen molar-refractivity contribution in [2.45, 2.75) is 115 Å². The summed E-state index contributed by atoms with van der Waals surface area (Å²) < 4.78 is 1.90. The number of nitrogens with two attached hydrogens (primary N) is 1. The fourth-order valence-corrected chi connectivity index (χ4v) is 7.41. The van der Waals surface area contributed by atoms with Gasteiger partial charge in [0.2, 0.25) is 0 Å². The van der Waals surface area contributed by atoms with E-state index < -0.39 is 0 Å². The molecule has 0 aromatic carbocycles. The Labute approximate surface area is 227 Å². The van der Waals surface area contributed by atoms with Crippen LogP contribution < -0.4 is 16.0 Å². The van der Waals surface area contributed by atoms with Gasteiger partial charge in [-0.2, -0.15) is 5.10 Å². The lowest BCUT2D eigenvalue weighted by atomic mass is 9.94. The Balaban J connectivity index is 1.25. The van der Waals surface area contributed by atoms with Crippen LogP contribution in [0.2, 0.25) is 0 Å². The highest BCUT2D eigenvalue weighted by molar-refractivity contribution is 5.82. The predicted molar refractivity (Wildman–Crippen MR) is 150 cm³/mol. The van der Waals surface area contributed by atoms with Crippen molar-refractivity contribution in [2.24, 2.45) is 5.73 Å². The Kier molecular flexibility index (Phi) is 7.60. The molecule has 1 aliphatic carbocycles. The zero-order chi connectivity index (χ0) is 26.2. The van der Waals surface area contributed by atoms with E-state index in [4.69, 9.17) is 15.8 Å². The van der Waals surface area contributed by atoms with Crippen molar-refractivity contribution < 1.29 is 4.79 Å². The van der Waals surface area contributed by atoms with Gasteiger partial charge >= 0.3 is 0 Å². The minimum atomic E-state index is -0.224. The molecule has 9 heteroatoms. The van der Waals surface area contributed by atoms with Crippen molar-refractivity contribution in [1.29, 1.82) is 0 Å². The Morgan fingerprint density at radius 1 is 1.03 bits per heavy atom. The van der Waals surface area contributed by atoms with Gasteiger partial charge in [0.15, 0.2) is 5.65 Å². The molecule has 2 aromatic rings. The normalized spacial score (nSPS) is 30.2. The van der Waals surface area contributed by atoms with E-state index in [2.05, 4.69) is 46.1 Å². The van der Waals surface area contributed by atoms with Crippen LogP contribution in [0.1, 0.15) is 94.9 Å². The van der Waals surface area contributed by atoms with E-state index in [0.717, 1.165) is 74.6 Å². The lowest BCUT2D eigenvalue weighted by Gasteiger charge is -2.41. The van der Waals surface area contributed by atoms with Gasteiger partial charge in [-0.3, -0.25) is 15.0 Å². The third-order valence-electron chi connectivity index (χ3n) is 9.42. The molecule has 3 N–H and O–H groups in total. The topological polar surface area (TPSA) is 95.0 Å². The molecule has 0 radical (unpaired) electrons. The van der Waals surface area contributed by atoms with Gasteiger partial charge in [-0.25, -0.2) is 9.50 Å². The Morgan fingerprint density at radius 2 is 1.79 bits per heavy atom. The molecule has 4 atom stereocenters. The molecule has 1 amide bonds. The number of nitrogens with zero attached hydrogens (tertiary/aromatic N) is 6. The standard InChI is InChI=1S/C29H46N8O/c1-20-18-36-26(32-27(20)34-15-13-22(30)19-34)16-24(33-36)25-12-8-9-14-35(25)29(38)28-31-17-21(2)37(28)23-10-6-4-3-5-7-11-23/h16,18,21-23,25,28,31H,3-15,17,19,30H2,1-2H3/t21?,22-,25-,28?/m0/s1. The highest BCUT2D eigenvalue weighted by atomic mass is 16.2. The van der Waals surface area contributed by atoms with Gasteiger partial charge in [-0.15, -0.1) is 0 Å². The molecule has 3 aliphatic heterocycles. The summed E-state index contributed by atoms with van der Waals surface area (Å²) in [6.45, 7) is 7.85. The molecule has 38 heavy (non-hydrogen) atoms. The van der Waals surface area contributed by atoms with Crippen LogP contribution in [0.25, 0.3) is 5.65 Å². The molecular weight excluding hydrogens is 476 g/mol. The van der Waals surface area contributed by atoms with Gasteiger partial charge in [0.05, 0.1) is 11.7 Å². The molecule has 4 fully saturated rings. The van der Waals surface area contributed by atoms with Crippen molar-refractivity contribution in [3.05, 3.63) is 23.5 Å². The SMILES string of the molecule is Cc1cn2nc([C@@H]3CCCCN3C(=O)C3NCC(C)N3C3CCCCCCC3)cc2nc1N1CC[C@H](N)C1. The maximum Gasteiger partial charge on any atom is 0.255 e. The first-order valence-corrected chi connectivity index (χ1v) is 15.2. The average Bonchev–Trinajstić information content (AvgIpc) is 3.61.